The van der Waals surface area contributed by atoms with Crippen LogP contribution in [0, 0.1) is 0 Å². The molecular weight excluding hydrogens is 338 g/mol. The van der Waals surface area contributed by atoms with Crippen molar-refractivity contribution in [1.82, 2.24) is 14.5 Å². The molecule has 0 saturated carbocycles. The first-order valence-corrected chi connectivity index (χ1v) is 9.26. The van der Waals surface area contributed by atoms with Crippen LogP contribution in [0.4, 0.5) is 0 Å². The first-order chi connectivity index (χ1) is 13.4. The van der Waals surface area contributed by atoms with Gasteiger partial charge in [0.15, 0.2) is 0 Å². The minimum atomic E-state index is 0.831. The van der Waals surface area contributed by atoms with E-state index in [1.54, 1.807) is 12.5 Å². The van der Waals surface area contributed by atoms with Crippen LogP contribution in [0.3, 0.4) is 0 Å². The van der Waals surface area contributed by atoms with Crippen molar-refractivity contribution in [3.63, 3.8) is 0 Å². The van der Waals surface area contributed by atoms with Gasteiger partial charge in [0, 0.05) is 30.9 Å². The Morgan fingerprint density at radius 1 is 0.926 bits per heavy atom. The molecule has 0 aliphatic carbocycles. The van der Waals surface area contributed by atoms with Gasteiger partial charge in [0.2, 0.25) is 0 Å². The zero-order chi connectivity index (χ0) is 18.1. The quantitative estimate of drug-likeness (QED) is 0.550. The maximum absolute atomic E-state index is 5.42. The SMILES string of the molecule is c1cc(-c2ccc3ncn(-c4ccc(CN5CCOCC5)cc4)c3c2)co1. The van der Waals surface area contributed by atoms with Crippen LogP contribution >= 0.6 is 0 Å². The Labute approximate surface area is 157 Å². The fourth-order valence-corrected chi connectivity index (χ4v) is 3.60. The van der Waals surface area contributed by atoms with Crippen molar-refractivity contribution >= 4 is 11.0 Å². The second-order valence-corrected chi connectivity index (χ2v) is 6.89. The third kappa shape index (κ3) is 3.27. The van der Waals surface area contributed by atoms with Crippen LogP contribution in [0.15, 0.2) is 71.8 Å². The molecule has 1 aliphatic heterocycles. The predicted molar refractivity (Wildman–Crippen MR) is 105 cm³/mol. The average Bonchev–Trinajstić information content (AvgIpc) is 3.39. The summed E-state index contributed by atoms with van der Waals surface area (Å²) in [6.45, 7) is 4.64. The third-order valence-electron chi connectivity index (χ3n) is 5.13. The van der Waals surface area contributed by atoms with Crippen molar-refractivity contribution in [2.45, 2.75) is 6.54 Å². The number of fused-ring (bicyclic) bond motifs is 1. The first-order valence-electron chi connectivity index (χ1n) is 9.26. The van der Waals surface area contributed by atoms with E-state index in [1.165, 1.54) is 5.56 Å². The monoisotopic (exact) mass is 359 g/mol. The number of ether oxygens (including phenoxy) is 1. The molecule has 5 nitrogen and oxygen atoms in total. The Hall–Kier alpha value is -2.89. The summed E-state index contributed by atoms with van der Waals surface area (Å²) in [5.41, 5.74) is 6.72. The molecule has 0 amide bonds. The summed E-state index contributed by atoms with van der Waals surface area (Å²) in [5.74, 6) is 0. The van der Waals surface area contributed by atoms with E-state index in [9.17, 15) is 0 Å². The van der Waals surface area contributed by atoms with E-state index in [4.69, 9.17) is 9.15 Å². The van der Waals surface area contributed by atoms with E-state index in [1.807, 2.05) is 12.4 Å². The predicted octanol–water partition coefficient (Wildman–Crippen LogP) is 4.12. The lowest BCUT2D eigenvalue weighted by molar-refractivity contribution is 0.0342. The van der Waals surface area contributed by atoms with Gasteiger partial charge in [-0.3, -0.25) is 9.47 Å². The number of morpholine rings is 1. The Morgan fingerprint density at radius 3 is 2.56 bits per heavy atom. The second-order valence-electron chi connectivity index (χ2n) is 6.89. The molecule has 1 saturated heterocycles. The number of hydrogen-bond acceptors (Lipinski definition) is 4. The van der Waals surface area contributed by atoms with Crippen LogP contribution in [0.1, 0.15) is 5.56 Å². The molecule has 5 rings (SSSR count). The Balaban J connectivity index is 1.43. The van der Waals surface area contributed by atoms with Gasteiger partial charge >= 0.3 is 0 Å². The minimum Gasteiger partial charge on any atom is -0.472 e. The standard InChI is InChI=1S/C22H21N3O2/c1-4-20(5-2-17(1)14-24-8-11-26-12-9-24)25-16-23-21-6-3-18(13-22(21)25)19-7-10-27-15-19/h1-7,10,13,15-16H,8-9,11-12,14H2. The molecular formula is C22H21N3O2. The highest BCUT2D eigenvalue weighted by molar-refractivity contribution is 5.83. The lowest BCUT2D eigenvalue weighted by atomic mass is 10.1. The second kappa shape index (κ2) is 7.02. The molecule has 0 bridgehead atoms. The van der Waals surface area contributed by atoms with E-state index >= 15 is 0 Å². The summed E-state index contributed by atoms with van der Waals surface area (Å²) in [6, 6.07) is 17.0. The Kier molecular flexibility index (Phi) is 4.24. The number of imidazole rings is 1. The smallest absolute Gasteiger partial charge is 0.100 e. The van der Waals surface area contributed by atoms with Crippen molar-refractivity contribution in [1.29, 1.82) is 0 Å². The Morgan fingerprint density at radius 2 is 1.78 bits per heavy atom. The lowest BCUT2D eigenvalue weighted by Crippen LogP contribution is -2.35. The molecule has 0 radical (unpaired) electrons. The molecule has 27 heavy (non-hydrogen) atoms. The maximum atomic E-state index is 5.42. The number of furan rings is 1. The van der Waals surface area contributed by atoms with Crippen molar-refractivity contribution in [3.05, 3.63) is 72.9 Å². The summed E-state index contributed by atoms with van der Waals surface area (Å²) < 4.78 is 12.8. The van der Waals surface area contributed by atoms with Gasteiger partial charge in [-0.05, 0) is 41.5 Å². The molecule has 0 N–H and O–H groups in total. The molecule has 1 fully saturated rings. The van der Waals surface area contributed by atoms with E-state index in [0.717, 1.165) is 60.7 Å². The highest BCUT2D eigenvalue weighted by Gasteiger charge is 2.11. The molecule has 2 aromatic heterocycles. The van der Waals surface area contributed by atoms with Gasteiger partial charge in [0.05, 0.1) is 36.8 Å². The zero-order valence-corrected chi connectivity index (χ0v) is 15.0. The summed E-state index contributed by atoms with van der Waals surface area (Å²) in [4.78, 5) is 6.98. The summed E-state index contributed by atoms with van der Waals surface area (Å²) in [5, 5.41) is 0. The molecule has 0 spiro atoms. The number of rotatable bonds is 4. The molecule has 0 unspecified atom stereocenters. The highest BCUT2D eigenvalue weighted by Crippen LogP contribution is 2.26. The van der Waals surface area contributed by atoms with Crippen molar-refractivity contribution < 1.29 is 9.15 Å². The van der Waals surface area contributed by atoms with Crippen molar-refractivity contribution in [2.75, 3.05) is 26.3 Å². The lowest BCUT2D eigenvalue weighted by Gasteiger charge is -2.26. The molecule has 5 heteroatoms. The molecule has 4 aromatic rings. The third-order valence-corrected chi connectivity index (χ3v) is 5.13. The number of nitrogens with zero attached hydrogens (tertiary/aromatic N) is 3. The largest absolute Gasteiger partial charge is 0.472 e. The van der Waals surface area contributed by atoms with E-state index in [2.05, 4.69) is 56.9 Å². The summed E-state index contributed by atoms with van der Waals surface area (Å²) in [7, 11) is 0. The average molecular weight is 359 g/mol. The van der Waals surface area contributed by atoms with Gasteiger partial charge in [0.25, 0.3) is 0 Å². The van der Waals surface area contributed by atoms with E-state index in [-0.39, 0.29) is 0 Å². The zero-order valence-electron chi connectivity index (χ0n) is 15.0. The van der Waals surface area contributed by atoms with Gasteiger partial charge < -0.3 is 9.15 Å². The number of hydrogen-bond donors (Lipinski definition) is 0. The van der Waals surface area contributed by atoms with Crippen LogP contribution in [0.5, 0.6) is 0 Å². The molecule has 3 heterocycles. The van der Waals surface area contributed by atoms with Crippen LogP contribution in [0.25, 0.3) is 27.8 Å². The fraction of sp³-hybridized carbons (Fsp3) is 0.227. The van der Waals surface area contributed by atoms with Crippen molar-refractivity contribution in [3.8, 4) is 16.8 Å². The number of aromatic nitrogens is 2. The van der Waals surface area contributed by atoms with Crippen LogP contribution < -0.4 is 0 Å². The fourth-order valence-electron chi connectivity index (χ4n) is 3.60. The molecule has 136 valence electrons. The van der Waals surface area contributed by atoms with E-state index in [0.29, 0.717) is 0 Å². The summed E-state index contributed by atoms with van der Waals surface area (Å²) in [6.07, 6.45) is 5.35. The topological polar surface area (TPSA) is 43.4 Å². The Bertz CT molecular complexity index is 1030. The van der Waals surface area contributed by atoms with Gasteiger partial charge in [-0.15, -0.1) is 0 Å². The summed E-state index contributed by atoms with van der Waals surface area (Å²) >= 11 is 0. The maximum Gasteiger partial charge on any atom is 0.100 e. The normalized spacial score (nSPS) is 15.4. The highest BCUT2D eigenvalue weighted by atomic mass is 16.5. The van der Waals surface area contributed by atoms with Gasteiger partial charge in [-0.25, -0.2) is 4.98 Å². The van der Waals surface area contributed by atoms with Crippen molar-refractivity contribution in [2.24, 2.45) is 0 Å². The van der Waals surface area contributed by atoms with Gasteiger partial charge in [-0.1, -0.05) is 18.2 Å². The first kappa shape index (κ1) is 16.3. The van der Waals surface area contributed by atoms with Gasteiger partial charge in [0.1, 0.15) is 6.33 Å². The number of benzene rings is 2. The minimum absolute atomic E-state index is 0.831. The molecule has 2 aromatic carbocycles. The van der Waals surface area contributed by atoms with Gasteiger partial charge in [-0.2, -0.15) is 0 Å². The molecule has 1 aliphatic rings. The van der Waals surface area contributed by atoms with Crippen LogP contribution in [0.2, 0.25) is 0 Å². The molecule has 0 atom stereocenters. The van der Waals surface area contributed by atoms with E-state index < -0.39 is 0 Å². The van der Waals surface area contributed by atoms with Crippen LogP contribution in [-0.2, 0) is 11.3 Å². The van der Waals surface area contributed by atoms with Crippen LogP contribution in [-0.4, -0.2) is 40.8 Å².